The fourth-order valence-electron chi connectivity index (χ4n) is 4.57. The minimum atomic E-state index is -1.35. The van der Waals surface area contributed by atoms with Crippen molar-refractivity contribution in [3.8, 4) is 0 Å². The average Bonchev–Trinajstić information content (AvgIpc) is 3.20. The molecular weight excluding hydrogens is 338 g/mol. The maximum atomic E-state index is 13.1. The lowest BCUT2D eigenvalue weighted by Gasteiger charge is -2.30. The van der Waals surface area contributed by atoms with Crippen LogP contribution in [0.3, 0.4) is 0 Å². The van der Waals surface area contributed by atoms with E-state index < -0.39 is 35.4 Å². The number of imide groups is 1. The number of aliphatic hydroxyl groups excluding tert-OH is 1. The third-order valence-corrected chi connectivity index (χ3v) is 5.69. The number of fused-ring (bicyclic) bond motifs is 4. The van der Waals surface area contributed by atoms with Crippen LogP contribution in [0.2, 0.25) is 0 Å². The number of hydrogen-bond donors (Lipinski definition) is 3. The van der Waals surface area contributed by atoms with Gasteiger partial charge in [-0.3, -0.25) is 24.6 Å². The number of benzene rings is 1. The van der Waals surface area contributed by atoms with Crippen molar-refractivity contribution in [3.63, 3.8) is 0 Å². The smallest absolute Gasteiger partial charge is 0.250 e. The number of hydrogen-bond acceptors (Lipinski definition) is 6. The second-order valence-electron chi connectivity index (χ2n) is 7.04. The van der Waals surface area contributed by atoms with Crippen molar-refractivity contribution in [2.75, 3.05) is 25.6 Å². The number of rotatable bonds is 4. The molecule has 1 aromatic rings. The van der Waals surface area contributed by atoms with Gasteiger partial charge in [0.15, 0.2) is 0 Å². The molecule has 2 fully saturated rings. The van der Waals surface area contributed by atoms with E-state index in [9.17, 15) is 19.5 Å². The number of nitrogens with zero attached hydrogens (tertiary/aromatic N) is 1. The van der Waals surface area contributed by atoms with Crippen LogP contribution in [0.1, 0.15) is 12.5 Å². The number of aliphatic hydroxyl groups is 1. The van der Waals surface area contributed by atoms with Gasteiger partial charge in [0, 0.05) is 24.4 Å². The molecule has 8 nitrogen and oxygen atoms in total. The van der Waals surface area contributed by atoms with Gasteiger partial charge in [0.05, 0.1) is 31.1 Å². The molecule has 0 bridgehead atoms. The number of carbonyl (C=O) groups excluding carboxylic acids is 3. The largest absolute Gasteiger partial charge is 0.392 e. The Labute approximate surface area is 150 Å². The van der Waals surface area contributed by atoms with E-state index in [1.807, 2.05) is 0 Å². The highest BCUT2D eigenvalue weighted by molar-refractivity contribution is 6.15. The maximum Gasteiger partial charge on any atom is 0.250 e. The molecule has 0 saturated carbocycles. The summed E-state index contributed by atoms with van der Waals surface area (Å²) < 4.78 is 5.00. The molecule has 138 valence electrons. The van der Waals surface area contributed by atoms with E-state index in [1.54, 1.807) is 31.2 Å². The van der Waals surface area contributed by atoms with Gasteiger partial charge in [-0.15, -0.1) is 0 Å². The van der Waals surface area contributed by atoms with Crippen LogP contribution >= 0.6 is 0 Å². The fourth-order valence-corrected chi connectivity index (χ4v) is 4.57. The Bertz CT molecular complexity index is 795. The molecule has 3 heterocycles. The SMILES string of the molecule is COCCN1C(=O)[C@@H]2[C@@H]([C@H](C)O)N[C@@]3(C(=O)Nc4ccccc43)[C@@H]2C1=O. The highest BCUT2D eigenvalue weighted by Crippen LogP contribution is 2.53. The van der Waals surface area contributed by atoms with Gasteiger partial charge < -0.3 is 15.2 Å². The molecular formula is C18H21N3O5. The number of para-hydroxylation sites is 1. The van der Waals surface area contributed by atoms with E-state index in [-0.39, 0.29) is 25.0 Å². The zero-order valence-corrected chi connectivity index (χ0v) is 14.6. The second-order valence-corrected chi connectivity index (χ2v) is 7.04. The normalized spacial score (nSPS) is 33.6. The Balaban J connectivity index is 1.85. The van der Waals surface area contributed by atoms with Gasteiger partial charge in [-0.2, -0.15) is 0 Å². The lowest BCUT2D eigenvalue weighted by Crippen LogP contribution is -2.55. The van der Waals surface area contributed by atoms with Crippen molar-refractivity contribution in [2.24, 2.45) is 11.8 Å². The standard InChI is InChI=1S/C18H21N3O5/c1-9(22)14-12-13(16(24)21(15(12)23)7-8-26-2)18(20-14)10-5-3-4-6-11(10)19-17(18)25/h3-6,9,12-14,20,22H,7-8H2,1-2H3,(H,19,25)/t9-,12-,13-,14+,18+/m0/s1. The lowest BCUT2D eigenvalue weighted by atomic mass is 9.76. The van der Waals surface area contributed by atoms with Crippen molar-refractivity contribution < 1.29 is 24.2 Å². The predicted molar refractivity (Wildman–Crippen MR) is 90.9 cm³/mol. The Kier molecular flexibility index (Phi) is 3.87. The zero-order valence-electron chi connectivity index (χ0n) is 14.6. The average molecular weight is 359 g/mol. The van der Waals surface area contributed by atoms with Crippen molar-refractivity contribution in [1.82, 2.24) is 10.2 Å². The summed E-state index contributed by atoms with van der Waals surface area (Å²) in [5.41, 5.74) is -0.0965. The van der Waals surface area contributed by atoms with Gasteiger partial charge in [-0.25, -0.2) is 0 Å². The van der Waals surface area contributed by atoms with Gasteiger partial charge >= 0.3 is 0 Å². The van der Waals surface area contributed by atoms with Crippen LogP contribution in [0, 0.1) is 11.8 Å². The Morgan fingerprint density at radius 3 is 2.69 bits per heavy atom. The summed E-state index contributed by atoms with van der Waals surface area (Å²) in [7, 11) is 1.49. The Hall–Kier alpha value is -2.29. The first-order chi connectivity index (χ1) is 12.4. The molecule has 0 radical (unpaired) electrons. The first-order valence-electron chi connectivity index (χ1n) is 8.64. The van der Waals surface area contributed by atoms with Gasteiger partial charge in [0.1, 0.15) is 5.54 Å². The molecule has 0 aromatic heterocycles. The Morgan fingerprint density at radius 1 is 1.27 bits per heavy atom. The zero-order chi connectivity index (χ0) is 18.6. The molecule has 0 unspecified atom stereocenters. The summed E-state index contributed by atoms with van der Waals surface area (Å²) in [4.78, 5) is 40.2. The molecule has 2 saturated heterocycles. The molecule has 1 spiro atoms. The molecule has 3 N–H and O–H groups in total. The van der Waals surface area contributed by atoms with Crippen LogP contribution in [-0.4, -0.2) is 60.1 Å². The van der Waals surface area contributed by atoms with E-state index in [0.717, 1.165) is 4.90 Å². The third kappa shape index (κ3) is 2.03. The fraction of sp³-hybridized carbons (Fsp3) is 0.500. The number of ether oxygens (including phenoxy) is 1. The summed E-state index contributed by atoms with van der Waals surface area (Å²) in [5.74, 6) is -2.83. The van der Waals surface area contributed by atoms with Crippen LogP contribution in [0.4, 0.5) is 5.69 Å². The summed E-state index contributed by atoms with van der Waals surface area (Å²) in [6.07, 6.45) is -0.901. The highest BCUT2D eigenvalue weighted by atomic mass is 16.5. The first-order valence-corrected chi connectivity index (χ1v) is 8.64. The molecule has 5 atom stereocenters. The molecule has 3 aliphatic heterocycles. The van der Waals surface area contributed by atoms with Crippen LogP contribution < -0.4 is 10.6 Å². The predicted octanol–water partition coefficient (Wildman–Crippen LogP) is -0.566. The monoisotopic (exact) mass is 359 g/mol. The first kappa shape index (κ1) is 17.1. The number of likely N-dealkylation sites (tertiary alicyclic amines) is 1. The van der Waals surface area contributed by atoms with Gasteiger partial charge in [-0.05, 0) is 13.0 Å². The van der Waals surface area contributed by atoms with E-state index in [2.05, 4.69) is 10.6 Å². The number of amides is 3. The van der Waals surface area contributed by atoms with Crippen molar-refractivity contribution in [3.05, 3.63) is 29.8 Å². The summed E-state index contributed by atoms with van der Waals surface area (Å²) in [6, 6.07) is 6.43. The molecule has 1 aromatic carbocycles. The maximum absolute atomic E-state index is 13.1. The number of anilines is 1. The minimum absolute atomic E-state index is 0.132. The van der Waals surface area contributed by atoms with Crippen LogP contribution in [0.15, 0.2) is 24.3 Å². The van der Waals surface area contributed by atoms with Crippen molar-refractivity contribution in [2.45, 2.75) is 24.6 Å². The van der Waals surface area contributed by atoms with E-state index in [0.29, 0.717) is 11.3 Å². The number of carbonyl (C=O) groups is 3. The highest BCUT2D eigenvalue weighted by Gasteiger charge is 2.70. The van der Waals surface area contributed by atoms with Crippen molar-refractivity contribution in [1.29, 1.82) is 0 Å². The third-order valence-electron chi connectivity index (χ3n) is 5.69. The van der Waals surface area contributed by atoms with Crippen LogP contribution in [0.25, 0.3) is 0 Å². The molecule has 8 heteroatoms. The summed E-state index contributed by atoms with van der Waals surface area (Å²) in [5, 5.41) is 16.2. The number of methoxy groups -OCH3 is 1. The molecule has 0 aliphatic carbocycles. The van der Waals surface area contributed by atoms with Gasteiger partial charge in [0.25, 0.3) is 0 Å². The molecule has 3 amide bonds. The lowest BCUT2D eigenvalue weighted by molar-refractivity contribution is -0.143. The van der Waals surface area contributed by atoms with E-state index >= 15 is 0 Å². The minimum Gasteiger partial charge on any atom is -0.392 e. The molecule has 26 heavy (non-hydrogen) atoms. The van der Waals surface area contributed by atoms with Crippen LogP contribution in [-0.2, 0) is 24.7 Å². The quantitative estimate of drug-likeness (QED) is 0.622. The topological polar surface area (TPSA) is 108 Å². The molecule has 4 rings (SSSR count). The second kappa shape index (κ2) is 5.87. The number of nitrogens with one attached hydrogen (secondary N) is 2. The van der Waals surface area contributed by atoms with Crippen molar-refractivity contribution >= 4 is 23.4 Å². The summed E-state index contributed by atoms with van der Waals surface area (Å²) >= 11 is 0. The molecule has 3 aliphatic rings. The van der Waals surface area contributed by atoms with Crippen LogP contribution in [0.5, 0.6) is 0 Å². The van der Waals surface area contributed by atoms with Gasteiger partial charge in [-0.1, -0.05) is 18.2 Å². The van der Waals surface area contributed by atoms with E-state index in [4.69, 9.17) is 4.74 Å². The Morgan fingerprint density at radius 2 is 2.00 bits per heavy atom. The van der Waals surface area contributed by atoms with E-state index in [1.165, 1.54) is 7.11 Å². The summed E-state index contributed by atoms with van der Waals surface area (Å²) in [6.45, 7) is 1.91. The van der Waals surface area contributed by atoms with Gasteiger partial charge in [0.2, 0.25) is 17.7 Å².